The number of likely N-dealkylation sites (N-methyl/N-ethyl adjacent to an activating group) is 1. The van der Waals surface area contributed by atoms with E-state index in [4.69, 9.17) is 9.47 Å². The van der Waals surface area contributed by atoms with Gasteiger partial charge in [0.1, 0.15) is 0 Å². The average Bonchev–Trinajstić information content (AvgIpc) is 2.96. The molecule has 1 aliphatic rings. The maximum Gasteiger partial charge on any atom is 0.342 e. The molecule has 1 fully saturated rings. The third-order valence-electron chi connectivity index (χ3n) is 2.51. The largest absolute Gasteiger partial charge is 0.464 e. The number of esters is 1. The molecular formula is C10H19NO3. The lowest BCUT2D eigenvalue weighted by Crippen LogP contribution is -2.40. The van der Waals surface area contributed by atoms with Crippen LogP contribution in [0.1, 0.15) is 20.8 Å². The number of hydrogen-bond donors (Lipinski definition) is 0. The normalized spacial score (nSPS) is 25.1. The Bertz CT molecular complexity index is 198. The van der Waals surface area contributed by atoms with E-state index < -0.39 is 5.60 Å². The minimum Gasteiger partial charge on any atom is -0.464 e. The van der Waals surface area contributed by atoms with Gasteiger partial charge in [0.15, 0.2) is 0 Å². The Morgan fingerprint density at radius 1 is 1.43 bits per heavy atom. The maximum absolute atomic E-state index is 11.5. The Morgan fingerprint density at radius 3 is 2.36 bits per heavy atom. The van der Waals surface area contributed by atoms with E-state index >= 15 is 0 Å². The molecule has 0 N–H and O–H groups in total. The molecule has 1 rings (SSSR count). The first-order chi connectivity index (χ1) is 6.68. The zero-order chi connectivity index (χ0) is 10.6. The van der Waals surface area contributed by atoms with Crippen molar-refractivity contribution in [2.24, 2.45) is 0 Å². The van der Waals surface area contributed by atoms with E-state index in [0.29, 0.717) is 19.8 Å². The Balaban J connectivity index is 2.45. The van der Waals surface area contributed by atoms with Crippen LogP contribution in [-0.2, 0) is 14.3 Å². The molecule has 0 aromatic carbocycles. The monoisotopic (exact) mass is 201 g/mol. The smallest absolute Gasteiger partial charge is 0.342 e. The highest BCUT2D eigenvalue weighted by Gasteiger charge is 2.54. The van der Waals surface area contributed by atoms with Gasteiger partial charge in [-0.1, -0.05) is 13.8 Å². The zero-order valence-corrected chi connectivity index (χ0v) is 9.21. The van der Waals surface area contributed by atoms with Crippen molar-refractivity contribution in [1.29, 1.82) is 0 Å². The fourth-order valence-electron chi connectivity index (χ4n) is 1.43. The number of epoxide rings is 1. The molecule has 0 radical (unpaired) electrons. The topological polar surface area (TPSA) is 42.1 Å². The second-order valence-electron chi connectivity index (χ2n) is 3.46. The van der Waals surface area contributed by atoms with E-state index in [1.807, 2.05) is 6.92 Å². The molecule has 4 nitrogen and oxygen atoms in total. The van der Waals surface area contributed by atoms with Crippen LogP contribution >= 0.6 is 0 Å². The van der Waals surface area contributed by atoms with Gasteiger partial charge in [-0.25, -0.2) is 4.79 Å². The molecule has 4 heteroatoms. The summed E-state index contributed by atoms with van der Waals surface area (Å²) in [5.74, 6) is -0.216. The molecule has 0 saturated carbocycles. The van der Waals surface area contributed by atoms with Crippen LogP contribution in [0.2, 0.25) is 0 Å². The van der Waals surface area contributed by atoms with Crippen LogP contribution in [0.25, 0.3) is 0 Å². The third-order valence-corrected chi connectivity index (χ3v) is 2.51. The molecule has 1 unspecified atom stereocenters. The summed E-state index contributed by atoms with van der Waals surface area (Å²) in [6.07, 6.45) is 0. The molecule has 14 heavy (non-hydrogen) atoms. The number of ether oxygens (including phenoxy) is 2. The van der Waals surface area contributed by atoms with Crippen LogP contribution in [0, 0.1) is 0 Å². The van der Waals surface area contributed by atoms with Crippen molar-refractivity contribution in [3.05, 3.63) is 0 Å². The molecule has 1 saturated heterocycles. The van der Waals surface area contributed by atoms with Gasteiger partial charge in [0, 0.05) is 6.54 Å². The zero-order valence-electron chi connectivity index (χ0n) is 9.21. The summed E-state index contributed by atoms with van der Waals surface area (Å²) in [6.45, 7) is 9.40. The summed E-state index contributed by atoms with van der Waals surface area (Å²) in [5.41, 5.74) is -0.651. The summed E-state index contributed by atoms with van der Waals surface area (Å²) in [4.78, 5) is 13.7. The average molecular weight is 201 g/mol. The highest BCUT2D eigenvalue weighted by molar-refractivity contribution is 5.82. The Kier molecular flexibility index (Phi) is 3.89. The molecule has 0 spiro atoms. The van der Waals surface area contributed by atoms with E-state index in [1.165, 1.54) is 0 Å². The van der Waals surface area contributed by atoms with Gasteiger partial charge in [0.05, 0.1) is 13.2 Å². The van der Waals surface area contributed by atoms with E-state index in [1.54, 1.807) is 0 Å². The Hall–Kier alpha value is -0.610. The molecule has 82 valence electrons. The number of hydrogen-bond acceptors (Lipinski definition) is 4. The molecule has 1 atom stereocenters. The third kappa shape index (κ3) is 2.45. The summed E-state index contributed by atoms with van der Waals surface area (Å²) in [5, 5.41) is 0. The first kappa shape index (κ1) is 11.5. The van der Waals surface area contributed by atoms with E-state index in [0.717, 1.165) is 13.1 Å². The second kappa shape index (κ2) is 4.75. The van der Waals surface area contributed by atoms with E-state index in [9.17, 15) is 4.79 Å². The summed E-state index contributed by atoms with van der Waals surface area (Å²) >= 11 is 0. The van der Waals surface area contributed by atoms with Crippen LogP contribution < -0.4 is 0 Å². The molecule has 1 aliphatic heterocycles. The predicted molar refractivity (Wildman–Crippen MR) is 53.1 cm³/mol. The van der Waals surface area contributed by atoms with E-state index in [2.05, 4.69) is 18.7 Å². The minimum absolute atomic E-state index is 0.216. The lowest BCUT2D eigenvalue weighted by atomic mass is 10.1. The molecule has 0 aliphatic carbocycles. The maximum atomic E-state index is 11.5. The van der Waals surface area contributed by atoms with Gasteiger partial charge >= 0.3 is 5.97 Å². The first-order valence-corrected chi connectivity index (χ1v) is 5.22. The van der Waals surface area contributed by atoms with Gasteiger partial charge in [0.25, 0.3) is 0 Å². The van der Waals surface area contributed by atoms with Gasteiger partial charge in [-0.15, -0.1) is 0 Å². The number of rotatable bonds is 6. The number of carbonyl (C=O) groups is 1. The van der Waals surface area contributed by atoms with Crippen LogP contribution in [-0.4, -0.2) is 49.3 Å². The van der Waals surface area contributed by atoms with Gasteiger partial charge in [-0.2, -0.15) is 0 Å². The van der Waals surface area contributed by atoms with Crippen molar-refractivity contribution in [1.82, 2.24) is 4.90 Å². The Morgan fingerprint density at radius 2 is 2.00 bits per heavy atom. The van der Waals surface area contributed by atoms with Crippen LogP contribution in [0.3, 0.4) is 0 Å². The minimum atomic E-state index is -0.651. The summed E-state index contributed by atoms with van der Waals surface area (Å²) in [7, 11) is 0. The predicted octanol–water partition coefficient (Wildman–Crippen LogP) is 0.660. The van der Waals surface area contributed by atoms with Crippen LogP contribution in [0.4, 0.5) is 0 Å². The van der Waals surface area contributed by atoms with Crippen molar-refractivity contribution >= 4 is 5.97 Å². The molecule has 0 amide bonds. The highest BCUT2D eigenvalue weighted by Crippen LogP contribution is 2.29. The van der Waals surface area contributed by atoms with Gasteiger partial charge in [0.2, 0.25) is 5.60 Å². The standard InChI is InChI=1S/C10H19NO3/c1-4-11(5-2)7-10(8-14-10)9(12)13-6-3/h4-8H2,1-3H3. The highest BCUT2D eigenvalue weighted by atomic mass is 16.6. The SMILES string of the molecule is CCOC(=O)C1(CN(CC)CC)CO1. The molecule has 0 bridgehead atoms. The quantitative estimate of drug-likeness (QED) is 0.467. The first-order valence-electron chi connectivity index (χ1n) is 5.22. The van der Waals surface area contributed by atoms with Gasteiger partial charge in [-0.05, 0) is 20.0 Å². The lowest BCUT2D eigenvalue weighted by Gasteiger charge is -2.21. The Labute approximate surface area is 85.2 Å². The summed E-state index contributed by atoms with van der Waals surface area (Å²) in [6, 6.07) is 0. The van der Waals surface area contributed by atoms with Gasteiger partial charge < -0.3 is 14.4 Å². The fraction of sp³-hybridized carbons (Fsp3) is 0.900. The molecular weight excluding hydrogens is 182 g/mol. The van der Waals surface area contributed by atoms with Crippen molar-refractivity contribution in [3.63, 3.8) is 0 Å². The van der Waals surface area contributed by atoms with Crippen molar-refractivity contribution in [2.75, 3.05) is 32.8 Å². The van der Waals surface area contributed by atoms with E-state index in [-0.39, 0.29) is 5.97 Å². The van der Waals surface area contributed by atoms with Crippen molar-refractivity contribution in [3.8, 4) is 0 Å². The van der Waals surface area contributed by atoms with Crippen LogP contribution in [0.5, 0.6) is 0 Å². The van der Waals surface area contributed by atoms with Crippen LogP contribution in [0.15, 0.2) is 0 Å². The van der Waals surface area contributed by atoms with Crippen molar-refractivity contribution < 1.29 is 14.3 Å². The molecule has 0 aromatic heterocycles. The number of carbonyl (C=O) groups excluding carboxylic acids is 1. The second-order valence-corrected chi connectivity index (χ2v) is 3.46. The number of nitrogens with zero attached hydrogens (tertiary/aromatic N) is 1. The molecule has 0 aromatic rings. The summed E-state index contributed by atoms with van der Waals surface area (Å²) < 4.78 is 10.2. The molecule has 1 heterocycles. The lowest BCUT2D eigenvalue weighted by molar-refractivity contribution is -0.150. The van der Waals surface area contributed by atoms with Gasteiger partial charge in [-0.3, -0.25) is 0 Å². The fourth-order valence-corrected chi connectivity index (χ4v) is 1.43. The van der Waals surface area contributed by atoms with Crippen molar-refractivity contribution in [2.45, 2.75) is 26.4 Å².